The van der Waals surface area contributed by atoms with Gasteiger partial charge in [-0.15, -0.1) is 10.2 Å². The van der Waals surface area contributed by atoms with Crippen molar-refractivity contribution in [1.82, 2.24) is 10.2 Å². The van der Waals surface area contributed by atoms with Crippen molar-refractivity contribution >= 4 is 45.6 Å². The summed E-state index contributed by atoms with van der Waals surface area (Å²) in [5.74, 6) is -0.312. The SMILES string of the molecule is CCCCCc1nnc(NC(=O)c2ccc(Cl)cc2Cl)s1. The van der Waals surface area contributed by atoms with Crippen LogP contribution in [0.25, 0.3) is 0 Å². The largest absolute Gasteiger partial charge is 0.296 e. The Morgan fingerprint density at radius 1 is 1.29 bits per heavy atom. The average molecular weight is 344 g/mol. The molecule has 7 heteroatoms. The van der Waals surface area contributed by atoms with Crippen LogP contribution in [0.1, 0.15) is 41.6 Å². The molecule has 0 saturated heterocycles. The lowest BCUT2D eigenvalue weighted by atomic mass is 10.2. The van der Waals surface area contributed by atoms with E-state index in [1.165, 1.54) is 23.8 Å². The number of amides is 1. The predicted molar refractivity (Wildman–Crippen MR) is 87.6 cm³/mol. The summed E-state index contributed by atoms with van der Waals surface area (Å²) in [6.07, 6.45) is 4.31. The fourth-order valence-corrected chi connectivity index (χ4v) is 3.04. The molecular weight excluding hydrogens is 329 g/mol. The molecule has 0 saturated carbocycles. The van der Waals surface area contributed by atoms with E-state index in [9.17, 15) is 4.79 Å². The van der Waals surface area contributed by atoms with Gasteiger partial charge in [-0.1, -0.05) is 54.3 Å². The van der Waals surface area contributed by atoms with Gasteiger partial charge in [0.15, 0.2) is 0 Å². The molecule has 1 aromatic carbocycles. The summed E-state index contributed by atoms with van der Waals surface area (Å²) in [5, 5.41) is 13.0. The van der Waals surface area contributed by atoms with Crippen molar-refractivity contribution in [3.8, 4) is 0 Å². The van der Waals surface area contributed by atoms with Crippen LogP contribution in [0.4, 0.5) is 5.13 Å². The fourth-order valence-electron chi connectivity index (χ4n) is 1.77. The molecule has 1 N–H and O–H groups in total. The Morgan fingerprint density at radius 2 is 2.10 bits per heavy atom. The van der Waals surface area contributed by atoms with Gasteiger partial charge < -0.3 is 0 Å². The summed E-state index contributed by atoms with van der Waals surface area (Å²) >= 11 is 13.2. The highest BCUT2D eigenvalue weighted by Gasteiger charge is 2.13. The Kier molecular flexibility index (Phi) is 5.96. The Morgan fingerprint density at radius 3 is 2.81 bits per heavy atom. The van der Waals surface area contributed by atoms with Crippen molar-refractivity contribution in [3.05, 3.63) is 38.8 Å². The van der Waals surface area contributed by atoms with Gasteiger partial charge in [-0.2, -0.15) is 0 Å². The first-order chi connectivity index (χ1) is 10.1. The number of hydrogen-bond donors (Lipinski definition) is 1. The lowest BCUT2D eigenvalue weighted by Gasteiger charge is -2.03. The molecule has 1 aromatic heterocycles. The number of halogens is 2. The molecule has 0 bridgehead atoms. The average Bonchev–Trinajstić information content (AvgIpc) is 2.86. The van der Waals surface area contributed by atoms with Crippen LogP contribution in [-0.4, -0.2) is 16.1 Å². The lowest BCUT2D eigenvalue weighted by molar-refractivity contribution is 0.102. The number of aryl methyl sites for hydroxylation is 1. The van der Waals surface area contributed by atoms with Gasteiger partial charge in [0.2, 0.25) is 5.13 Å². The number of rotatable bonds is 6. The van der Waals surface area contributed by atoms with Crippen LogP contribution in [-0.2, 0) is 6.42 Å². The van der Waals surface area contributed by atoms with Gasteiger partial charge in [-0.05, 0) is 24.6 Å². The van der Waals surface area contributed by atoms with E-state index < -0.39 is 0 Å². The molecule has 0 radical (unpaired) electrons. The summed E-state index contributed by atoms with van der Waals surface area (Å²) < 4.78 is 0. The highest BCUT2D eigenvalue weighted by Crippen LogP contribution is 2.23. The zero-order valence-electron chi connectivity index (χ0n) is 11.5. The second kappa shape index (κ2) is 7.73. The molecule has 0 aliphatic carbocycles. The van der Waals surface area contributed by atoms with Crippen LogP contribution in [0.15, 0.2) is 18.2 Å². The third-order valence-electron chi connectivity index (χ3n) is 2.86. The van der Waals surface area contributed by atoms with Gasteiger partial charge >= 0.3 is 0 Å². The number of hydrogen-bond acceptors (Lipinski definition) is 4. The third kappa shape index (κ3) is 4.66. The topological polar surface area (TPSA) is 54.9 Å². The van der Waals surface area contributed by atoms with Gasteiger partial charge in [0.25, 0.3) is 5.91 Å². The van der Waals surface area contributed by atoms with Crippen molar-refractivity contribution in [2.24, 2.45) is 0 Å². The van der Waals surface area contributed by atoms with Crippen LogP contribution in [0.5, 0.6) is 0 Å². The number of aromatic nitrogens is 2. The second-order valence-electron chi connectivity index (χ2n) is 4.54. The summed E-state index contributed by atoms with van der Waals surface area (Å²) in [7, 11) is 0. The molecule has 0 fully saturated rings. The molecular formula is C14H15Cl2N3OS. The smallest absolute Gasteiger partial charge is 0.259 e. The van der Waals surface area contributed by atoms with Gasteiger partial charge in [-0.3, -0.25) is 10.1 Å². The molecule has 1 heterocycles. The highest BCUT2D eigenvalue weighted by molar-refractivity contribution is 7.15. The van der Waals surface area contributed by atoms with E-state index in [1.54, 1.807) is 12.1 Å². The highest BCUT2D eigenvalue weighted by atomic mass is 35.5. The maximum atomic E-state index is 12.1. The lowest BCUT2D eigenvalue weighted by Crippen LogP contribution is -2.12. The van der Waals surface area contributed by atoms with Crippen LogP contribution in [0.3, 0.4) is 0 Å². The first-order valence-corrected chi connectivity index (χ1v) is 8.26. The second-order valence-corrected chi connectivity index (χ2v) is 6.44. The Bertz CT molecular complexity index is 630. The van der Waals surface area contributed by atoms with Gasteiger partial charge in [0.1, 0.15) is 5.01 Å². The Balaban J connectivity index is 1.99. The van der Waals surface area contributed by atoms with Gasteiger partial charge in [-0.25, -0.2) is 0 Å². The van der Waals surface area contributed by atoms with Crippen LogP contribution in [0.2, 0.25) is 10.0 Å². The Labute approximate surface area is 137 Å². The number of carbonyl (C=O) groups is 1. The zero-order valence-corrected chi connectivity index (χ0v) is 13.9. The molecule has 0 unspecified atom stereocenters. The van der Waals surface area contributed by atoms with E-state index in [2.05, 4.69) is 22.4 Å². The number of nitrogens with zero attached hydrogens (tertiary/aromatic N) is 2. The predicted octanol–water partition coefficient (Wildman–Crippen LogP) is 4.83. The standard InChI is InChI=1S/C14H15Cl2N3OS/c1-2-3-4-5-12-18-19-14(21-12)17-13(20)10-7-6-9(15)8-11(10)16/h6-8H,2-5H2,1H3,(H,17,19,20). The molecule has 21 heavy (non-hydrogen) atoms. The molecule has 0 aliphatic rings. The van der Waals surface area contributed by atoms with E-state index >= 15 is 0 Å². The van der Waals surface area contributed by atoms with E-state index in [1.807, 2.05) is 0 Å². The molecule has 2 aromatic rings. The van der Waals surface area contributed by atoms with E-state index in [0.717, 1.165) is 24.3 Å². The van der Waals surface area contributed by atoms with E-state index in [0.29, 0.717) is 20.7 Å². The Hall–Kier alpha value is -1.17. The fraction of sp³-hybridized carbons (Fsp3) is 0.357. The van der Waals surface area contributed by atoms with Crippen LogP contribution >= 0.6 is 34.5 Å². The van der Waals surface area contributed by atoms with Crippen molar-refractivity contribution in [2.45, 2.75) is 32.6 Å². The molecule has 2 rings (SSSR count). The van der Waals surface area contributed by atoms with Crippen LogP contribution < -0.4 is 5.32 Å². The van der Waals surface area contributed by atoms with Crippen molar-refractivity contribution in [1.29, 1.82) is 0 Å². The molecule has 0 atom stereocenters. The summed E-state index contributed by atoms with van der Waals surface area (Å²) in [6.45, 7) is 2.15. The van der Waals surface area contributed by atoms with Crippen molar-refractivity contribution < 1.29 is 4.79 Å². The maximum absolute atomic E-state index is 12.1. The van der Waals surface area contributed by atoms with E-state index in [4.69, 9.17) is 23.2 Å². The summed E-state index contributed by atoms with van der Waals surface area (Å²) in [6, 6.07) is 4.75. The third-order valence-corrected chi connectivity index (χ3v) is 4.30. The first-order valence-electron chi connectivity index (χ1n) is 6.69. The molecule has 4 nitrogen and oxygen atoms in total. The zero-order chi connectivity index (χ0) is 15.2. The minimum absolute atomic E-state index is 0.312. The molecule has 0 spiro atoms. The normalized spacial score (nSPS) is 10.6. The van der Waals surface area contributed by atoms with Crippen LogP contribution in [0, 0.1) is 0 Å². The molecule has 1 amide bonds. The number of unbranched alkanes of at least 4 members (excludes halogenated alkanes) is 2. The van der Waals surface area contributed by atoms with Crippen molar-refractivity contribution in [2.75, 3.05) is 5.32 Å². The summed E-state index contributed by atoms with van der Waals surface area (Å²) in [4.78, 5) is 12.1. The number of nitrogens with one attached hydrogen (secondary N) is 1. The number of anilines is 1. The van der Waals surface area contributed by atoms with Gasteiger partial charge in [0.05, 0.1) is 10.6 Å². The van der Waals surface area contributed by atoms with E-state index in [-0.39, 0.29) is 5.91 Å². The molecule has 0 aliphatic heterocycles. The minimum atomic E-state index is -0.312. The summed E-state index contributed by atoms with van der Waals surface area (Å²) in [5.41, 5.74) is 0.365. The molecule has 112 valence electrons. The maximum Gasteiger partial charge on any atom is 0.259 e. The van der Waals surface area contributed by atoms with Crippen molar-refractivity contribution in [3.63, 3.8) is 0 Å². The quantitative estimate of drug-likeness (QED) is 0.764. The minimum Gasteiger partial charge on any atom is -0.296 e. The monoisotopic (exact) mass is 343 g/mol. The number of benzene rings is 1. The number of carbonyl (C=O) groups excluding carboxylic acids is 1. The van der Waals surface area contributed by atoms with Gasteiger partial charge in [0, 0.05) is 11.4 Å². The first kappa shape index (κ1) is 16.2.